The molecular formula is C19H19F3N2O4. The second-order valence-corrected chi connectivity index (χ2v) is 6.07. The van der Waals surface area contributed by atoms with Crippen molar-refractivity contribution in [2.75, 3.05) is 13.2 Å². The number of nitro benzene ring substituents is 1. The van der Waals surface area contributed by atoms with Gasteiger partial charge in [0.25, 0.3) is 5.69 Å². The van der Waals surface area contributed by atoms with Crippen LogP contribution in [0.2, 0.25) is 0 Å². The number of carbonyl (C=O) groups is 1. The van der Waals surface area contributed by atoms with Crippen molar-refractivity contribution in [1.29, 1.82) is 0 Å². The lowest BCUT2D eigenvalue weighted by atomic mass is 10.1. The highest BCUT2D eigenvalue weighted by molar-refractivity contribution is 5.71. The summed E-state index contributed by atoms with van der Waals surface area (Å²) in [6.07, 6.45) is -4.41. The molecule has 0 unspecified atom stereocenters. The van der Waals surface area contributed by atoms with Gasteiger partial charge in [-0.1, -0.05) is 24.3 Å². The largest absolute Gasteiger partial charge is 0.465 e. The molecule has 150 valence electrons. The molecule has 0 radical (unpaired) electrons. The van der Waals surface area contributed by atoms with E-state index >= 15 is 0 Å². The Balaban J connectivity index is 2.14. The predicted molar refractivity (Wildman–Crippen MR) is 95.3 cm³/mol. The van der Waals surface area contributed by atoms with Crippen LogP contribution in [-0.4, -0.2) is 28.9 Å². The zero-order valence-corrected chi connectivity index (χ0v) is 15.1. The van der Waals surface area contributed by atoms with E-state index in [1.165, 1.54) is 24.3 Å². The Kier molecular flexibility index (Phi) is 7.11. The van der Waals surface area contributed by atoms with E-state index in [2.05, 4.69) is 0 Å². The average Bonchev–Trinajstić information content (AvgIpc) is 2.62. The third kappa shape index (κ3) is 6.34. The van der Waals surface area contributed by atoms with Crippen LogP contribution in [-0.2, 0) is 28.8 Å². The van der Waals surface area contributed by atoms with Crippen LogP contribution in [0.1, 0.15) is 23.6 Å². The van der Waals surface area contributed by atoms with Crippen LogP contribution >= 0.6 is 0 Å². The van der Waals surface area contributed by atoms with Crippen molar-refractivity contribution in [2.24, 2.45) is 0 Å². The molecule has 0 N–H and O–H groups in total. The van der Waals surface area contributed by atoms with Gasteiger partial charge in [-0.05, 0) is 30.2 Å². The number of benzene rings is 2. The molecule has 0 aromatic heterocycles. The van der Waals surface area contributed by atoms with Crippen molar-refractivity contribution >= 4 is 11.7 Å². The van der Waals surface area contributed by atoms with Gasteiger partial charge < -0.3 is 4.74 Å². The first kappa shape index (κ1) is 21.4. The van der Waals surface area contributed by atoms with E-state index in [1.807, 2.05) is 0 Å². The number of rotatable bonds is 8. The van der Waals surface area contributed by atoms with Gasteiger partial charge in [0.05, 0.1) is 23.6 Å². The number of hydrogen-bond donors (Lipinski definition) is 0. The Hall–Kier alpha value is -2.94. The molecule has 0 aliphatic rings. The molecule has 2 rings (SSSR count). The summed E-state index contributed by atoms with van der Waals surface area (Å²) >= 11 is 0. The Bertz CT molecular complexity index is 805. The van der Waals surface area contributed by atoms with Crippen molar-refractivity contribution in [1.82, 2.24) is 4.90 Å². The van der Waals surface area contributed by atoms with Gasteiger partial charge in [-0.25, -0.2) is 0 Å². The lowest BCUT2D eigenvalue weighted by molar-refractivity contribution is -0.384. The molecule has 2 aromatic rings. The maximum Gasteiger partial charge on any atom is 0.416 e. The standard InChI is InChI=1S/C19H19F3N2O4/c1-2-28-18(25)13-23(12-15-5-9-17(10-6-15)24(26)27)11-14-3-7-16(8-4-14)19(20,21)22/h3-10H,2,11-13H2,1H3. The fourth-order valence-electron chi connectivity index (χ4n) is 2.60. The number of halogens is 3. The Morgan fingerprint density at radius 3 is 1.96 bits per heavy atom. The summed E-state index contributed by atoms with van der Waals surface area (Å²) in [5.41, 5.74) is 0.521. The van der Waals surface area contributed by atoms with Crippen LogP contribution in [0.3, 0.4) is 0 Å². The molecule has 0 atom stereocenters. The van der Waals surface area contributed by atoms with Crippen LogP contribution in [0.15, 0.2) is 48.5 Å². The first-order valence-corrected chi connectivity index (χ1v) is 8.46. The van der Waals surface area contributed by atoms with E-state index in [-0.39, 0.29) is 31.9 Å². The summed E-state index contributed by atoms with van der Waals surface area (Å²) in [5, 5.41) is 10.7. The van der Waals surface area contributed by atoms with E-state index in [9.17, 15) is 28.1 Å². The maximum atomic E-state index is 12.7. The normalized spacial score (nSPS) is 11.5. The third-order valence-corrected chi connectivity index (χ3v) is 3.90. The van der Waals surface area contributed by atoms with Crippen LogP contribution in [0.4, 0.5) is 18.9 Å². The van der Waals surface area contributed by atoms with Crippen LogP contribution in [0.5, 0.6) is 0 Å². The molecule has 0 saturated carbocycles. The first-order valence-electron chi connectivity index (χ1n) is 8.46. The number of non-ortho nitro benzene ring substituents is 1. The van der Waals surface area contributed by atoms with Gasteiger partial charge in [0, 0.05) is 25.2 Å². The number of hydrogen-bond acceptors (Lipinski definition) is 5. The SMILES string of the molecule is CCOC(=O)CN(Cc1ccc([N+](=O)[O-])cc1)Cc1ccc(C(F)(F)F)cc1. The summed E-state index contributed by atoms with van der Waals surface area (Å²) in [4.78, 5) is 23.8. The molecule has 2 aromatic carbocycles. The molecule has 0 spiro atoms. The molecule has 0 aliphatic carbocycles. The highest BCUT2D eigenvalue weighted by Gasteiger charge is 2.30. The van der Waals surface area contributed by atoms with Gasteiger partial charge in [-0.15, -0.1) is 0 Å². The zero-order valence-electron chi connectivity index (χ0n) is 15.1. The molecular weight excluding hydrogens is 377 g/mol. The van der Waals surface area contributed by atoms with Gasteiger partial charge in [-0.2, -0.15) is 13.2 Å². The minimum absolute atomic E-state index is 0.0524. The highest BCUT2D eigenvalue weighted by Crippen LogP contribution is 2.29. The zero-order chi connectivity index (χ0) is 20.7. The van der Waals surface area contributed by atoms with E-state index < -0.39 is 22.6 Å². The number of esters is 1. The highest BCUT2D eigenvalue weighted by atomic mass is 19.4. The molecule has 0 bridgehead atoms. The van der Waals surface area contributed by atoms with Gasteiger partial charge >= 0.3 is 12.1 Å². The molecule has 0 heterocycles. The molecule has 0 amide bonds. The Labute approximate surface area is 159 Å². The monoisotopic (exact) mass is 396 g/mol. The number of carbonyl (C=O) groups excluding carboxylic acids is 1. The molecule has 9 heteroatoms. The number of nitro groups is 1. The Morgan fingerprint density at radius 1 is 1.04 bits per heavy atom. The molecule has 6 nitrogen and oxygen atoms in total. The minimum atomic E-state index is -4.41. The summed E-state index contributed by atoms with van der Waals surface area (Å²) in [5.74, 6) is -0.462. The Morgan fingerprint density at radius 2 is 1.54 bits per heavy atom. The van der Waals surface area contributed by atoms with Crippen molar-refractivity contribution in [2.45, 2.75) is 26.2 Å². The fourth-order valence-corrected chi connectivity index (χ4v) is 2.60. The number of alkyl halides is 3. The maximum absolute atomic E-state index is 12.7. The summed E-state index contributed by atoms with van der Waals surface area (Å²) < 4.78 is 43.0. The van der Waals surface area contributed by atoms with Crippen molar-refractivity contribution in [3.63, 3.8) is 0 Å². The first-order chi connectivity index (χ1) is 13.2. The van der Waals surface area contributed by atoms with E-state index in [4.69, 9.17) is 4.74 Å². The van der Waals surface area contributed by atoms with Crippen LogP contribution in [0.25, 0.3) is 0 Å². The van der Waals surface area contributed by atoms with Gasteiger partial charge in [0.1, 0.15) is 0 Å². The lowest BCUT2D eigenvalue weighted by Gasteiger charge is -2.22. The number of nitrogens with zero attached hydrogens (tertiary/aromatic N) is 2. The average molecular weight is 396 g/mol. The molecule has 0 fully saturated rings. The molecule has 0 aliphatic heterocycles. The predicted octanol–water partition coefficient (Wildman–Crippen LogP) is 4.18. The third-order valence-electron chi connectivity index (χ3n) is 3.90. The fraction of sp³-hybridized carbons (Fsp3) is 0.316. The quantitative estimate of drug-likeness (QED) is 0.380. The van der Waals surface area contributed by atoms with Crippen LogP contribution < -0.4 is 0 Å². The smallest absolute Gasteiger partial charge is 0.416 e. The minimum Gasteiger partial charge on any atom is -0.465 e. The second kappa shape index (κ2) is 9.32. The molecule has 28 heavy (non-hydrogen) atoms. The van der Waals surface area contributed by atoms with E-state index in [1.54, 1.807) is 24.0 Å². The molecule has 0 saturated heterocycles. The van der Waals surface area contributed by atoms with E-state index in [0.29, 0.717) is 5.56 Å². The van der Waals surface area contributed by atoms with E-state index in [0.717, 1.165) is 17.7 Å². The van der Waals surface area contributed by atoms with Gasteiger partial charge in [0.2, 0.25) is 0 Å². The van der Waals surface area contributed by atoms with Gasteiger partial charge in [0.15, 0.2) is 0 Å². The lowest BCUT2D eigenvalue weighted by Crippen LogP contribution is -2.30. The number of ether oxygens (including phenoxy) is 1. The van der Waals surface area contributed by atoms with Crippen molar-refractivity contribution < 1.29 is 27.6 Å². The summed E-state index contributed by atoms with van der Waals surface area (Å²) in [7, 11) is 0. The summed E-state index contributed by atoms with van der Waals surface area (Å²) in [6, 6.07) is 10.6. The van der Waals surface area contributed by atoms with Crippen molar-refractivity contribution in [3.05, 3.63) is 75.3 Å². The van der Waals surface area contributed by atoms with Crippen LogP contribution in [0, 0.1) is 10.1 Å². The van der Waals surface area contributed by atoms with Gasteiger partial charge in [-0.3, -0.25) is 19.8 Å². The topological polar surface area (TPSA) is 72.7 Å². The summed E-state index contributed by atoms with van der Waals surface area (Å²) in [6.45, 7) is 2.32. The van der Waals surface area contributed by atoms with Crippen molar-refractivity contribution in [3.8, 4) is 0 Å². The second-order valence-electron chi connectivity index (χ2n) is 6.07.